The number of hydrogen-bond donors (Lipinski definition) is 1. The lowest BCUT2D eigenvalue weighted by molar-refractivity contribution is 0.161. The van der Waals surface area contributed by atoms with Gasteiger partial charge in [-0.05, 0) is 66.1 Å². The van der Waals surface area contributed by atoms with E-state index in [-0.39, 0.29) is 11.6 Å². The molecule has 0 spiro atoms. The molecule has 8 nitrogen and oxygen atoms in total. The Morgan fingerprint density at radius 3 is 2.49 bits per heavy atom. The first-order chi connectivity index (χ1) is 19.0. The number of fused-ring (bicyclic) bond motifs is 1. The van der Waals surface area contributed by atoms with Crippen molar-refractivity contribution in [3.8, 4) is 5.75 Å². The van der Waals surface area contributed by atoms with Crippen molar-refractivity contribution < 1.29 is 4.74 Å². The lowest BCUT2D eigenvalue weighted by Gasteiger charge is -2.30. The zero-order chi connectivity index (χ0) is 27.2. The van der Waals surface area contributed by atoms with Gasteiger partial charge >= 0.3 is 0 Å². The lowest BCUT2D eigenvalue weighted by atomic mass is 10.1. The number of H-pyrrole nitrogens is 1. The maximum Gasteiger partial charge on any atom is 0.252 e. The molecule has 1 unspecified atom stereocenters. The summed E-state index contributed by atoms with van der Waals surface area (Å²) in [5.41, 5.74) is 4.87. The Morgan fingerprint density at radius 1 is 0.949 bits per heavy atom. The first kappa shape index (κ1) is 26.3. The summed E-state index contributed by atoms with van der Waals surface area (Å²) in [5, 5.41) is 13.8. The first-order valence-electron chi connectivity index (χ1n) is 13.4. The van der Waals surface area contributed by atoms with Crippen LogP contribution in [0.4, 0.5) is 0 Å². The highest BCUT2D eigenvalue weighted by Crippen LogP contribution is 2.27. The van der Waals surface area contributed by atoms with E-state index in [9.17, 15) is 4.79 Å². The van der Waals surface area contributed by atoms with E-state index in [4.69, 9.17) is 4.74 Å². The van der Waals surface area contributed by atoms with E-state index < -0.39 is 0 Å². The van der Waals surface area contributed by atoms with Crippen LogP contribution in [0.15, 0.2) is 83.7 Å². The molecule has 2 heterocycles. The van der Waals surface area contributed by atoms with Crippen molar-refractivity contribution in [3.63, 3.8) is 0 Å². The van der Waals surface area contributed by atoms with Crippen LogP contribution in [-0.4, -0.2) is 36.7 Å². The highest BCUT2D eigenvalue weighted by molar-refractivity contribution is 5.80. The molecule has 39 heavy (non-hydrogen) atoms. The van der Waals surface area contributed by atoms with Gasteiger partial charge in [0.1, 0.15) is 5.75 Å². The van der Waals surface area contributed by atoms with Crippen molar-refractivity contribution >= 4 is 10.9 Å². The predicted octanol–water partition coefficient (Wildman–Crippen LogP) is 5.42. The van der Waals surface area contributed by atoms with Crippen molar-refractivity contribution in [1.82, 2.24) is 30.1 Å². The fourth-order valence-corrected chi connectivity index (χ4v) is 4.95. The first-order valence-corrected chi connectivity index (χ1v) is 13.4. The number of nitrogens with one attached hydrogen (secondary N) is 1. The Labute approximate surface area is 228 Å². The summed E-state index contributed by atoms with van der Waals surface area (Å²) in [4.78, 5) is 18.6. The van der Waals surface area contributed by atoms with E-state index in [2.05, 4.69) is 75.7 Å². The van der Waals surface area contributed by atoms with Crippen LogP contribution in [0.1, 0.15) is 54.4 Å². The second-order valence-corrected chi connectivity index (χ2v) is 9.80. The minimum atomic E-state index is -0.102. The van der Waals surface area contributed by atoms with E-state index in [0.29, 0.717) is 31.8 Å². The van der Waals surface area contributed by atoms with Gasteiger partial charge in [0.05, 0.1) is 19.2 Å². The largest absolute Gasteiger partial charge is 0.494 e. The molecule has 1 N–H and O–H groups in total. The van der Waals surface area contributed by atoms with Crippen molar-refractivity contribution in [2.75, 3.05) is 6.61 Å². The number of tetrazole rings is 1. The van der Waals surface area contributed by atoms with Gasteiger partial charge in [-0.15, -0.1) is 5.10 Å². The van der Waals surface area contributed by atoms with Gasteiger partial charge in [-0.25, -0.2) is 4.68 Å². The van der Waals surface area contributed by atoms with E-state index in [1.54, 1.807) is 0 Å². The molecule has 0 radical (unpaired) electrons. The molecule has 3 aromatic carbocycles. The van der Waals surface area contributed by atoms with Crippen LogP contribution in [-0.2, 0) is 19.6 Å². The minimum absolute atomic E-state index is 0.0979. The Kier molecular flexibility index (Phi) is 8.13. The molecule has 0 fully saturated rings. The molecule has 1 atom stereocenters. The van der Waals surface area contributed by atoms with Gasteiger partial charge in [-0.3, -0.25) is 9.69 Å². The number of hydrogen-bond acceptors (Lipinski definition) is 6. The molecule has 5 rings (SSSR count). The third kappa shape index (κ3) is 6.23. The van der Waals surface area contributed by atoms with E-state index >= 15 is 0 Å². The Balaban J connectivity index is 1.52. The summed E-state index contributed by atoms with van der Waals surface area (Å²) in [7, 11) is 0. The SMILES string of the molecule is CCOc1ccc2[nH]c(=O)c(CN(Cc3ccc(C)cc3)C(CC)c3nnnn3Cc3ccccc3)cc2c1. The summed E-state index contributed by atoms with van der Waals surface area (Å²) in [6.45, 7) is 8.42. The third-order valence-electron chi connectivity index (χ3n) is 6.94. The highest BCUT2D eigenvalue weighted by atomic mass is 16.5. The van der Waals surface area contributed by atoms with Crippen LogP contribution in [0.3, 0.4) is 0 Å². The molecule has 0 saturated heterocycles. The summed E-state index contributed by atoms with van der Waals surface area (Å²) < 4.78 is 7.56. The van der Waals surface area contributed by atoms with Crippen molar-refractivity contribution in [1.29, 1.82) is 0 Å². The molecule has 2 aromatic heterocycles. The number of aromatic amines is 1. The lowest BCUT2D eigenvalue weighted by Crippen LogP contribution is -2.32. The number of ether oxygens (including phenoxy) is 1. The second kappa shape index (κ2) is 12.0. The quantitative estimate of drug-likeness (QED) is 0.249. The maximum atomic E-state index is 13.2. The van der Waals surface area contributed by atoms with E-state index in [0.717, 1.165) is 40.0 Å². The van der Waals surface area contributed by atoms with Gasteiger partial charge in [-0.1, -0.05) is 67.1 Å². The molecular weight excluding hydrogens is 488 g/mol. The smallest absolute Gasteiger partial charge is 0.252 e. The van der Waals surface area contributed by atoms with E-state index in [1.807, 2.05) is 54.1 Å². The number of aromatic nitrogens is 5. The normalized spacial score (nSPS) is 12.2. The molecule has 0 bridgehead atoms. The number of benzene rings is 3. The van der Waals surface area contributed by atoms with Crippen molar-refractivity contribution in [2.45, 2.75) is 52.9 Å². The molecule has 8 heteroatoms. The molecule has 0 aliphatic rings. The summed E-state index contributed by atoms with van der Waals surface area (Å²) in [6.07, 6.45) is 0.779. The molecule has 0 aliphatic heterocycles. The predicted molar refractivity (Wildman–Crippen MR) is 153 cm³/mol. The van der Waals surface area contributed by atoms with Crippen LogP contribution >= 0.6 is 0 Å². The Morgan fingerprint density at radius 2 is 1.74 bits per heavy atom. The summed E-state index contributed by atoms with van der Waals surface area (Å²) in [6, 6.07) is 26.3. The van der Waals surface area contributed by atoms with Crippen molar-refractivity contribution in [2.24, 2.45) is 0 Å². The molecule has 0 aliphatic carbocycles. The van der Waals surface area contributed by atoms with Gasteiger partial charge < -0.3 is 9.72 Å². The fraction of sp³-hybridized carbons (Fsp3) is 0.290. The number of rotatable bonds is 11. The maximum absolute atomic E-state index is 13.2. The summed E-state index contributed by atoms with van der Waals surface area (Å²) in [5.74, 6) is 1.57. The van der Waals surface area contributed by atoms with Crippen molar-refractivity contribution in [3.05, 3.63) is 117 Å². The van der Waals surface area contributed by atoms with Gasteiger partial charge in [0.25, 0.3) is 5.56 Å². The molecule has 0 saturated carbocycles. The highest BCUT2D eigenvalue weighted by Gasteiger charge is 2.26. The average molecular weight is 523 g/mol. The molecule has 0 amide bonds. The standard InChI is InChI=1S/C31H34N6O2/c1-4-29(30-33-34-35-37(30)20-23-9-7-6-8-10-23)36(19-24-13-11-22(3)12-14-24)21-26-17-25-18-27(39-5-2)15-16-28(25)32-31(26)38/h6-18,29H,4-5,19-21H2,1-3H3,(H,32,38). The molecule has 5 aromatic rings. The minimum Gasteiger partial charge on any atom is -0.494 e. The van der Waals surface area contributed by atoms with Gasteiger partial charge in [0.15, 0.2) is 5.82 Å². The second-order valence-electron chi connectivity index (χ2n) is 9.80. The van der Waals surface area contributed by atoms with Gasteiger partial charge in [0, 0.05) is 29.6 Å². The number of nitrogens with zero attached hydrogens (tertiary/aromatic N) is 5. The topological polar surface area (TPSA) is 88.9 Å². The number of pyridine rings is 1. The third-order valence-corrected chi connectivity index (χ3v) is 6.94. The molecular formula is C31H34N6O2. The Hall–Kier alpha value is -4.30. The van der Waals surface area contributed by atoms with Crippen LogP contribution in [0.5, 0.6) is 5.75 Å². The summed E-state index contributed by atoms with van der Waals surface area (Å²) >= 11 is 0. The van der Waals surface area contributed by atoms with Gasteiger partial charge in [0.2, 0.25) is 0 Å². The zero-order valence-electron chi connectivity index (χ0n) is 22.7. The molecule has 200 valence electrons. The van der Waals surface area contributed by atoms with Crippen LogP contribution in [0.25, 0.3) is 10.9 Å². The van der Waals surface area contributed by atoms with Crippen LogP contribution < -0.4 is 10.3 Å². The van der Waals surface area contributed by atoms with Gasteiger partial charge in [-0.2, -0.15) is 0 Å². The van der Waals surface area contributed by atoms with Crippen LogP contribution in [0, 0.1) is 6.92 Å². The monoisotopic (exact) mass is 522 g/mol. The number of aryl methyl sites for hydroxylation is 1. The van der Waals surface area contributed by atoms with E-state index in [1.165, 1.54) is 5.56 Å². The Bertz CT molecular complexity index is 1580. The fourth-order valence-electron chi connectivity index (χ4n) is 4.95. The zero-order valence-corrected chi connectivity index (χ0v) is 22.7. The van der Waals surface area contributed by atoms with Crippen LogP contribution in [0.2, 0.25) is 0 Å². The average Bonchev–Trinajstić information content (AvgIpc) is 3.39.